The number of rotatable bonds is 10. The van der Waals surface area contributed by atoms with Crippen LogP contribution in [0.3, 0.4) is 0 Å². The van der Waals surface area contributed by atoms with E-state index in [1.807, 2.05) is 73.6 Å². The highest BCUT2D eigenvalue weighted by Gasteiger charge is 2.19. The van der Waals surface area contributed by atoms with Gasteiger partial charge in [0, 0.05) is 18.7 Å². The molecule has 2 N–H and O–H groups in total. The van der Waals surface area contributed by atoms with Gasteiger partial charge in [0.1, 0.15) is 5.75 Å². The topological polar surface area (TPSA) is 87.7 Å². The van der Waals surface area contributed by atoms with Gasteiger partial charge in [-0.15, -0.1) is 0 Å². The second-order valence-electron chi connectivity index (χ2n) is 7.80. The monoisotopic (exact) mass is 467 g/mol. The molecule has 3 aromatic rings. The van der Waals surface area contributed by atoms with Crippen molar-refractivity contribution in [2.24, 2.45) is 0 Å². The van der Waals surface area contributed by atoms with Crippen molar-refractivity contribution in [1.29, 1.82) is 0 Å². The summed E-state index contributed by atoms with van der Waals surface area (Å²) >= 11 is 0. The molecule has 0 saturated carbocycles. The average Bonchev–Trinajstić information content (AvgIpc) is 2.83. The van der Waals surface area contributed by atoms with Gasteiger partial charge in [-0.2, -0.15) is 0 Å². The third-order valence-electron chi connectivity index (χ3n) is 5.27. The molecule has 1 atom stereocenters. The first-order chi connectivity index (χ1) is 15.8. The quantitative estimate of drug-likeness (QED) is 0.478. The zero-order valence-corrected chi connectivity index (χ0v) is 19.8. The highest BCUT2D eigenvalue weighted by molar-refractivity contribution is 7.89. The summed E-state index contributed by atoms with van der Waals surface area (Å²) in [6, 6.07) is 22.9. The van der Waals surface area contributed by atoms with Crippen molar-refractivity contribution >= 4 is 15.9 Å². The van der Waals surface area contributed by atoms with E-state index in [0.717, 1.165) is 16.9 Å². The summed E-state index contributed by atoms with van der Waals surface area (Å²) in [5, 5.41) is 2.92. The zero-order chi connectivity index (χ0) is 23.8. The van der Waals surface area contributed by atoms with Crippen LogP contribution in [0.5, 0.6) is 5.75 Å². The summed E-state index contributed by atoms with van der Waals surface area (Å²) in [4.78, 5) is 14.9. The molecule has 0 radical (unpaired) electrons. The number of amides is 1. The molecular weight excluding hydrogens is 438 g/mol. The third kappa shape index (κ3) is 6.64. The van der Waals surface area contributed by atoms with Crippen LogP contribution in [0.1, 0.15) is 27.5 Å². The van der Waals surface area contributed by atoms with Gasteiger partial charge in [-0.3, -0.25) is 4.79 Å². The van der Waals surface area contributed by atoms with E-state index in [2.05, 4.69) is 10.0 Å². The number of nitrogens with one attached hydrogen (secondary N) is 2. The van der Waals surface area contributed by atoms with Gasteiger partial charge in [-0.25, -0.2) is 13.1 Å². The summed E-state index contributed by atoms with van der Waals surface area (Å²) in [6.45, 7) is 0.521. The van der Waals surface area contributed by atoms with Crippen LogP contribution in [0.25, 0.3) is 0 Å². The van der Waals surface area contributed by atoms with E-state index >= 15 is 0 Å². The van der Waals surface area contributed by atoms with Crippen LogP contribution in [0.15, 0.2) is 83.8 Å². The fraction of sp³-hybridized carbons (Fsp3) is 0.240. The van der Waals surface area contributed by atoms with Crippen LogP contribution in [-0.2, 0) is 16.6 Å². The van der Waals surface area contributed by atoms with E-state index in [9.17, 15) is 13.2 Å². The Labute approximate surface area is 195 Å². The highest BCUT2D eigenvalue weighted by Crippen LogP contribution is 2.22. The van der Waals surface area contributed by atoms with Crippen LogP contribution in [-0.4, -0.2) is 47.0 Å². The molecule has 8 heteroatoms. The number of likely N-dealkylation sites (N-methyl/N-ethyl adjacent to an activating group) is 1. The second kappa shape index (κ2) is 11.1. The minimum Gasteiger partial charge on any atom is -0.497 e. The molecule has 0 heterocycles. The molecule has 0 aliphatic rings. The summed E-state index contributed by atoms with van der Waals surface area (Å²) < 4.78 is 33.3. The largest absolute Gasteiger partial charge is 0.497 e. The predicted molar refractivity (Wildman–Crippen MR) is 129 cm³/mol. The standard InChI is InChI=1S/C25H29N3O4S/c1-28(2)24(20-11-7-13-22(15-20)32-3)18-26-25(29)21-12-8-14-23(16-21)33(30,31)27-17-19-9-5-4-6-10-19/h4-16,24,27H,17-18H2,1-3H3,(H,26,29). The Morgan fingerprint density at radius 3 is 2.39 bits per heavy atom. The first-order valence-electron chi connectivity index (χ1n) is 10.5. The Kier molecular flexibility index (Phi) is 8.21. The summed E-state index contributed by atoms with van der Waals surface area (Å²) in [5.74, 6) is 0.399. The number of carbonyl (C=O) groups excluding carboxylic acids is 1. The highest BCUT2D eigenvalue weighted by atomic mass is 32.2. The Morgan fingerprint density at radius 1 is 0.970 bits per heavy atom. The molecular formula is C25H29N3O4S. The first kappa shape index (κ1) is 24.4. The molecule has 3 rings (SSSR count). The molecule has 7 nitrogen and oxygen atoms in total. The number of carbonyl (C=O) groups is 1. The van der Waals surface area contributed by atoms with E-state index in [0.29, 0.717) is 6.54 Å². The number of hydrogen-bond acceptors (Lipinski definition) is 5. The number of methoxy groups -OCH3 is 1. The second-order valence-corrected chi connectivity index (χ2v) is 9.57. The number of nitrogens with zero attached hydrogens (tertiary/aromatic N) is 1. The molecule has 0 fully saturated rings. The van der Waals surface area contributed by atoms with Crippen molar-refractivity contribution in [2.45, 2.75) is 17.5 Å². The van der Waals surface area contributed by atoms with Crippen LogP contribution in [0.2, 0.25) is 0 Å². The number of benzene rings is 3. The molecule has 0 spiro atoms. The maximum Gasteiger partial charge on any atom is 0.251 e. The molecule has 0 bridgehead atoms. The number of ether oxygens (including phenoxy) is 1. The van der Waals surface area contributed by atoms with E-state index < -0.39 is 10.0 Å². The fourth-order valence-electron chi connectivity index (χ4n) is 3.40. The van der Waals surface area contributed by atoms with Crippen molar-refractivity contribution in [1.82, 2.24) is 14.9 Å². The molecule has 1 unspecified atom stereocenters. The lowest BCUT2D eigenvalue weighted by molar-refractivity contribution is 0.0941. The van der Waals surface area contributed by atoms with Crippen LogP contribution in [0.4, 0.5) is 0 Å². The van der Waals surface area contributed by atoms with Crippen molar-refractivity contribution in [2.75, 3.05) is 27.7 Å². The SMILES string of the molecule is COc1cccc(C(CNC(=O)c2cccc(S(=O)(=O)NCc3ccccc3)c2)N(C)C)c1. The normalized spacial score (nSPS) is 12.4. The van der Waals surface area contributed by atoms with Crippen molar-refractivity contribution in [3.63, 3.8) is 0 Å². The molecule has 1 amide bonds. The molecule has 0 aliphatic heterocycles. The van der Waals surface area contributed by atoms with E-state index in [1.165, 1.54) is 12.1 Å². The summed E-state index contributed by atoms with van der Waals surface area (Å²) in [6.07, 6.45) is 0. The smallest absolute Gasteiger partial charge is 0.251 e. The van der Waals surface area contributed by atoms with Crippen LogP contribution in [0, 0.1) is 0 Å². The van der Waals surface area contributed by atoms with Gasteiger partial charge in [0.2, 0.25) is 10.0 Å². The molecule has 0 saturated heterocycles. The average molecular weight is 468 g/mol. The van der Waals surface area contributed by atoms with Crippen molar-refractivity contribution < 1.29 is 17.9 Å². The van der Waals surface area contributed by atoms with Crippen molar-refractivity contribution in [3.8, 4) is 5.75 Å². The lowest BCUT2D eigenvalue weighted by Gasteiger charge is -2.25. The van der Waals surface area contributed by atoms with E-state index in [4.69, 9.17) is 4.74 Å². The van der Waals surface area contributed by atoms with Gasteiger partial charge in [-0.1, -0.05) is 48.5 Å². The van der Waals surface area contributed by atoms with E-state index in [-0.39, 0.29) is 29.0 Å². The lowest BCUT2D eigenvalue weighted by atomic mass is 10.1. The van der Waals surface area contributed by atoms with Crippen molar-refractivity contribution in [3.05, 3.63) is 95.6 Å². The Bertz CT molecular complexity index is 1180. The van der Waals surface area contributed by atoms with E-state index in [1.54, 1.807) is 19.2 Å². The Hall–Kier alpha value is -3.20. The van der Waals surface area contributed by atoms with Gasteiger partial charge in [-0.05, 0) is 55.6 Å². The van der Waals surface area contributed by atoms with Crippen LogP contribution < -0.4 is 14.8 Å². The zero-order valence-electron chi connectivity index (χ0n) is 19.0. The minimum absolute atomic E-state index is 0.0445. The Morgan fingerprint density at radius 2 is 1.70 bits per heavy atom. The fourth-order valence-corrected chi connectivity index (χ4v) is 4.46. The minimum atomic E-state index is -3.76. The van der Waals surface area contributed by atoms with Crippen LogP contribution >= 0.6 is 0 Å². The first-order valence-corrected chi connectivity index (χ1v) is 12.0. The maximum absolute atomic E-state index is 12.8. The van der Waals surface area contributed by atoms with Gasteiger partial charge in [0.25, 0.3) is 5.91 Å². The van der Waals surface area contributed by atoms with Gasteiger partial charge in [0.15, 0.2) is 0 Å². The number of sulfonamides is 1. The van der Waals surface area contributed by atoms with Gasteiger partial charge in [0.05, 0.1) is 18.0 Å². The summed E-state index contributed by atoms with van der Waals surface area (Å²) in [5.41, 5.74) is 2.13. The molecule has 33 heavy (non-hydrogen) atoms. The molecule has 174 valence electrons. The predicted octanol–water partition coefficient (Wildman–Crippen LogP) is 3.21. The Balaban J connectivity index is 1.69. The van der Waals surface area contributed by atoms with Gasteiger partial charge < -0.3 is 15.0 Å². The third-order valence-corrected chi connectivity index (χ3v) is 6.67. The molecule has 0 aliphatic carbocycles. The van der Waals surface area contributed by atoms with Gasteiger partial charge >= 0.3 is 0 Å². The maximum atomic E-state index is 12.8. The lowest BCUT2D eigenvalue weighted by Crippen LogP contribution is -2.34. The molecule has 0 aromatic heterocycles. The number of hydrogen-bond donors (Lipinski definition) is 2. The molecule has 3 aromatic carbocycles. The summed E-state index contributed by atoms with van der Waals surface area (Å²) in [7, 11) is 1.72.